The van der Waals surface area contributed by atoms with Crippen LogP contribution < -0.4 is 10.2 Å². The number of nitrogens with zero attached hydrogens (tertiary/aromatic N) is 2. The first-order chi connectivity index (χ1) is 19.4. The Labute approximate surface area is 248 Å². The number of hydrogen-bond donors (Lipinski definition) is 1. The van der Waals surface area contributed by atoms with Gasteiger partial charge in [-0.25, -0.2) is 4.99 Å². The summed E-state index contributed by atoms with van der Waals surface area (Å²) in [4.78, 5) is 24.4. The van der Waals surface area contributed by atoms with Gasteiger partial charge in [0.2, 0.25) is 0 Å². The van der Waals surface area contributed by atoms with Crippen molar-refractivity contribution in [3.8, 4) is 0 Å². The number of H-pyrrole nitrogens is 1. The third-order valence-electron chi connectivity index (χ3n) is 6.86. The van der Waals surface area contributed by atoms with E-state index in [1.165, 1.54) is 0 Å². The Kier molecular flexibility index (Phi) is 8.55. The number of aliphatic imine (C=N–C) groups is 1. The summed E-state index contributed by atoms with van der Waals surface area (Å²) in [5.41, 5.74) is 5.89. The second-order valence-corrected chi connectivity index (χ2v) is 9.31. The topological polar surface area (TPSA) is 133 Å². The molecule has 2 aromatic heterocycles. The Bertz CT molecular complexity index is 2000. The molecule has 3 heterocycles. The molecular weight excluding hydrogens is 607 g/mol. The number of hydrogen-bond acceptors (Lipinski definition) is 5. The smallest absolute Gasteiger partial charge is 2.00 e. The predicted octanol–water partition coefficient (Wildman–Crippen LogP) is 4.74. The minimum Gasteiger partial charge on any atom is 2.00 e. The number of para-hydroxylation sites is 1. The number of allylic oxidation sites excluding steroid dienone is 5. The molecule has 0 spiro atoms. The molecule has 2 aliphatic rings. The molecule has 41 heavy (non-hydrogen) atoms. The Balaban J connectivity index is 0.000000221. The Morgan fingerprint density at radius 3 is 2.37 bits per heavy atom. The van der Waals surface area contributed by atoms with Gasteiger partial charge in [0.1, 0.15) is 0 Å². The van der Waals surface area contributed by atoms with E-state index in [4.69, 9.17) is 9.39 Å². The molecule has 0 saturated heterocycles. The first kappa shape index (κ1) is 29.4. The van der Waals surface area contributed by atoms with E-state index in [0.29, 0.717) is 34.2 Å². The maximum atomic E-state index is 12.6. The number of ether oxygens (including phenoxy) is 1. The van der Waals surface area contributed by atoms with Gasteiger partial charge in [-0.2, -0.15) is 0 Å². The number of amides is 1. The molecular formula is C32H23N3O5Ru. The van der Waals surface area contributed by atoms with Gasteiger partial charge in [-0.15, -0.1) is 0 Å². The second-order valence-electron chi connectivity index (χ2n) is 9.31. The summed E-state index contributed by atoms with van der Waals surface area (Å²) in [5, 5.41) is 28.0. The van der Waals surface area contributed by atoms with Crippen LogP contribution in [0.3, 0.4) is 0 Å². The van der Waals surface area contributed by atoms with Crippen molar-refractivity contribution in [2.75, 3.05) is 6.61 Å². The minimum absolute atomic E-state index is 0. The average molecular weight is 631 g/mol. The van der Waals surface area contributed by atoms with Gasteiger partial charge < -0.3 is 19.9 Å². The molecule has 5 aromatic rings. The van der Waals surface area contributed by atoms with Gasteiger partial charge in [0.25, 0.3) is 5.91 Å². The Morgan fingerprint density at radius 2 is 1.68 bits per heavy atom. The van der Waals surface area contributed by atoms with Crippen LogP contribution in [-0.2, 0) is 28.9 Å². The van der Waals surface area contributed by atoms with Gasteiger partial charge in [0.15, 0.2) is 0 Å². The quantitative estimate of drug-likeness (QED) is 0.0989. The van der Waals surface area contributed by atoms with E-state index < -0.39 is 11.8 Å². The third-order valence-corrected chi connectivity index (χ3v) is 6.86. The molecule has 1 N–H and O–H groups in total. The van der Waals surface area contributed by atoms with E-state index in [0.717, 1.165) is 43.7 Å². The normalized spacial score (nSPS) is 14.8. The van der Waals surface area contributed by atoms with Crippen LogP contribution in [-0.4, -0.2) is 28.4 Å². The molecule has 0 atom stereocenters. The summed E-state index contributed by atoms with van der Waals surface area (Å²) in [5.74, 6) is -1.18. The number of benzene rings is 3. The summed E-state index contributed by atoms with van der Waals surface area (Å²) in [6, 6.07) is 15.5. The average Bonchev–Trinajstić information content (AvgIpc) is 3.61. The molecule has 204 valence electrons. The molecule has 7 rings (SSSR count). The van der Waals surface area contributed by atoms with E-state index in [2.05, 4.69) is 21.6 Å². The fourth-order valence-electron chi connectivity index (χ4n) is 5.30. The maximum absolute atomic E-state index is 12.6. The number of aromatic nitrogens is 2. The monoisotopic (exact) mass is 631 g/mol. The van der Waals surface area contributed by atoms with Gasteiger partial charge >= 0.3 is 30.8 Å². The summed E-state index contributed by atoms with van der Waals surface area (Å²) >= 11 is 0. The molecule has 9 heteroatoms. The van der Waals surface area contributed by atoms with Gasteiger partial charge in [-0.05, 0) is 49.1 Å². The summed E-state index contributed by atoms with van der Waals surface area (Å²) < 4.78 is 12.4. The summed E-state index contributed by atoms with van der Waals surface area (Å²) in [6.45, 7) is 10.6. The molecule has 3 aromatic carbocycles. The number of aromatic amines is 1. The number of nitrogens with one attached hydrogen (secondary N) is 1. The zero-order chi connectivity index (χ0) is 28.6. The molecule has 0 saturated carbocycles. The van der Waals surface area contributed by atoms with E-state index >= 15 is 0 Å². The van der Waals surface area contributed by atoms with Crippen molar-refractivity contribution in [3.05, 3.63) is 107 Å². The number of rotatable bonds is 2. The standard InChI is InChI=1S/C21H11N3O2.C10H14O2.CO.Ru/c25-20-16-14-11-6-2-1-5-10(11)9-22-18(14)19-15(17(16)21(26)24-20)12-7-3-4-8-13(12)23-19;1-4-12-10(11)9-6-7(2)5-8(9)3;1-2;/h1-9,23H,(H,24,25,26);5-6,11H,4H2,1-3H3;;/q;;;+2/p-2. The van der Waals surface area contributed by atoms with Crippen molar-refractivity contribution in [1.82, 2.24) is 9.97 Å². The van der Waals surface area contributed by atoms with E-state index in [9.17, 15) is 15.0 Å². The Morgan fingerprint density at radius 1 is 1.00 bits per heavy atom. The Hall–Kier alpha value is -4.55. The van der Waals surface area contributed by atoms with E-state index in [1.54, 1.807) is 6.20 Å². The number of pyridine rings is 1. The van der Waals surface area contributed by atoms with Crippen molar-refractivity contribution in [1.29, 1.82) is 0 Å². The van der Waals surface area contributed by atoms with Crippen LogP contribution in [0.4, 0.5) is 0 Å². The number of carbonyl (C=O) groups excluding carboxylic acids is 1. The van der Waals surface area contributed by atoms with Crippen LogP contribution in [0.25, 0.3) is 43.5 Å². The van der Waals surface area contributed by atoms with Gasteiger partial charge in [-0.1, -0.05) is 61.0 Å². The SMILES string of the molecule is CCOC([O-])=C1C=C(C)C=C1C.O=C1N=C([O-])c2c1c1c3ccccc3cnc1c1[nH]c3ccccc3c21.[C-]#[O+].[Ru+2]. The molecule has 8 nitrogen and oxygen atoms in total. The van der Waals surface area contributed by atoms with Crippen LogP contribution >= 0.6 is 0 Å². The zero-order valence-electron chi connectivity index (χ0n) is 22.3. The second kappa shape index (κ2) is 11.9. The fraction of sp³-hybridized carbons (Fsp3) is 0.125. The first-order valence-electron chi connectivity index (χ1n) is 12.5. The van der Waals surface area contributed by atoms with Crippen LogP contribution in [0.1, 0.15) is 36.7 Å². The minimum atomic E-state index is -0.486. The van der Waals surface area contributed by atoms with Crippen molar-refractivity contribution in [3.63, 3.8) is 0 Å². The molecule has 0 fully saturated rings. The number of carbonyl (C=O) groups is 1. The summed E-state index contributed by atoms with van der Waals surface area (Å²) in [6.07, 6.45) is 5.63. The predicted molar refractivity (Wildman–Crippen MR) is 150 cm³/mol. The molecule has 0 radical (unpaired) electrons. The first-order valence-corrected chi connectivity index (χ1v) is 12.5. The van der Waals surface area contributed by atoms with Gasteiger partial charge in [0.05, 0.1) is 22.5 Å². The van der Waals surface area contributed by atoms with Crippen LogP contribution in [0.5, 0.6) is 0 Å². The van der Waals surface area contributed by atoms with Crippen LogP contribution in [0.2, 0.25) is 0 Å². The van der Waals surface area contributed by atoms with Crippen LogP contribution in [0, 0.1) is 6.65 Å². The van der Waals surface area contributed by atoms with Gasteiger partial charge in [0, 0.05) is 44.7 Å². The molecule has 1 aliphatic carbocycles. The van der Waals surface area contributed by atoms with E-state index in [-0.39, 0.29) is 25.4 Å². The zero-order valence-corrected chi connectivity index (χ0v) is 24.1. The molecule has 1 aliphatic heterocycles. The molecule has 1 amide bonds. The van der Waals surface area contributed by atoms with Crippen molar-refractivity contribution < 1.29 is 43.9 Å². The third kappa shape index (κ3) is 4.96. The van der Waals surface area contributed by atoms with Crippen molar-refractivity contribution >= 4 is 55.3 Å². The van der Waals surface area contributed by atoms with Crippen LogP contribution in [0.15, 0.2) is 94.5 Å². The van der Waals surface area contributed by atoms with Gasteiger partial charge in [-0.3, -0.25) is 9.78 Å². The number of fused-ring (bicyclic) bond motifs is 10. The molecule has 0 bridgehead atoms. The van der Waals surface area contributed by atoms with Crippen molar-refractivity contribution in [2.24, 2.45) is 4.99 Å². The van der Waals surface area contributed by atoms with E-state index in [1.807, 2.05) is 81.5 Å². The fourth-order valence-corrected chi connectivity index (χ4v) is 5.30. The maximum Gasteiger partial charge on any atom is 2.00 e. The van der Waals surface area contributed by atoms with Crippen molar-refractivity contribution in [2.45, 2.75) is 20.8 Å². The molecule has 0 unspecified atom stereocenters. The summed E-state index contributed by atoms with van der Waals surface area (Å²) in [7, 11) is 0. The largest absolute Gasteiger partial charge is 2.00 e.